The van der Waals surface area contributed by atoms with Gasteiger partial charge < -0.3 is 10.4 Å². The molecule has 0 aliphatic carbocycles. The molecule has 0 bridgehead atoms. The van der Waals surface area contributed by atoms with Crippen LogP contribution in [0.25, 0.3) is 0 Å². The van der Waals surface area contributed by atoms with Crippen LogP contribution in [-0.2, 0) is 15.1 Å². The van der Waals surface area contributed by atoms with E-state index in [9.17, 15) is 14.7 Å². The number of halogens is 2. The van der Waals surface area contributed by atoms with E-state index in [2.05, 4.69) is 5.32 Å². The summed E-state index contributed by atoms with van der Waals surface area (Å²) in [5.74, 6) is -0.415. The van der Waals surface area contributed by atoms with E-state index in [1.165, 1.54) is 30.8 Å². The zero-order valence-corrected chi connectivity index (χ0v) is 14.1. The first-order valence-corrected chi connectivity index (χ1v) is 8.30. The van der Waals surface area contributed by atoms with Crippen LogP contribution in [0.15, 0.2) is 18.2 Å². The third-order valence-corrected chi connectivity index (χ3v) is 4.80. The van der Waals surface area contributed by atoms with Gasteiger partial charge in [-0.1, -0.05) is 36.2 Å². The molecule has 2 N–H and O–H groups in total. The van der Waals surface area contributed by atoms with Crippen molar-refractivity contribution in [3.8, 4) is 0 Å². The summed E-state index contributed by atoms with van der Waals surface area (Å²) in [6, 6.07) is 4.51. The smallest absolute Gasteiger partial charge is 0.333 e. The number of nitrogens with one attached hydrogen (secondary N) is 1. The third-order valence-electron chi connectivity index (χ3n) is 2.90. The molecule has 1 atom stereocenters. The molecule has 116 valence electrons. The van der Waals surface area contributed by atoms with E-state index in [1.807, 2.05) is 6.92 Å². The lowest BCUT2D eigenvalue weighted by atomic mass is 9.92. The molecule has 4 nitrogen and oxygen atoms in total. The fourth-order valence-electron chi connectivity index (χ4n) is 1.68. The van der Waals surface area contributed by atoms with Crippen LogP contribution in [0.1, 0.15) is 25.8 Å². The Morgan fingerprint density at radius 2 is 2.00 bits per heavy atom. The largest absolute Gasteiger partial charge is 0.479 e. The Balaban J connectivity index is 2.95. The molecule has 0 aliphatic heterocycles. The summed E-state index contributed by atoms with van der Waals surface area (Å²) in [5, 5.41) is 12.6. The standard InChI is InChI=1S/C14H17Cl2NO3S/c1-3-6-21-8-12(18)17-14(2,13(19)20)9-4-5-10(15)11(16)7-9/h4-5,7H,3,6,8H2,1-2H3,(H,17,18)(H,19,20). The summed E-state index contributed by atoms with van der Waals surface area (Å²) in [7, 11) is 0. The molecule has 0 saturated heterocycles. The Labute approximate surface area is 138 Å². The summed E-state index contributed by atoms with van der Waals surface area (Å²) in [6.45, 7) is 3.44. The number of hydrogen-bond acceptors (Lipinski definition) is 3. The molecule has 1 unspecified atom stereocenters. The molecular formula is C14H17Cl2NO3S. The quantitative estimate of drug-likeness (QED) is 0.738. The molecule has 7 heteroatoms. The van der Waals surface area contributed by atoms with E-state index in [0.29, 0.717) is 10.6 Å². The molecular weight excluding hydrogens is 333 g/mol. The molecule has 0 heterocycles. The lowest BCUT2D eigenvalue weighted by molar-refractivity contribution is -0.147. The minimum Gasteiger partial charge on any atom is -0.479 e. The second kappa shape index (κ2) is 7.92. The van der Waals surface area contributed by atoms with Crippen LogP contribution < -0.4 is 5.32 Å². The summed E-state index contributed by atoms with van der Waals surface area (Å²) in [5.41, 5.74) is -1.17. The highest BCUT2D eigenvalue weighted by Crippen LogP contribution is 2.29. The van der Waals surface area contributed by atoms with Crippen molar-refractivity contribution in [3.05, 3.63) is 33.8 Å². The summed E-state index contributed by atoms with van der Waals surface area (Å²) in [4.78, 5) is 23.5. The zero-order chi connectivity index (χ0) is 16.0. The monoisotopic (exact) mass is 349 g/mol. The zero-order valence-electron chi connectivity index (χ0n) is 11.8. The van der Waals surface area contributed by atoms with Crippen LogP contribution in [0.3, 0.4) is 0 Å². The van der Waals surface area contributed by atoms with E-state index < -0.39 is 11.5 Å². The summed E-state index contributed by atoms with van der Waals surface area (Å²) < 4.78 is 0. The number of carboxylic acids is 1. The number of benzene rings is 1. The molecule has 0 aromatic heterocycles. The third kappa shape index (κ3) is 4.80. The average molecular weight is 350 g/mol. The first-order chi connectivity index (χ1) is 9.81. The minimum atomic E-state index is -1.54. The highest BCUT2D eigenvalue weighted by atomic mass is 35.5. The van der Waals surface area contributed by atoms with Crippen molar-refractivity contribution in [1.29, 1.82) is 0 Å². The number of carboxylic acid groups (broad SMARTS) is 1. The van der Waals surface area contributed by atoms with Gasteiger partial charge in [0.2, 0.25) is 5.91 Å². The minimum absolute atomic E-state index is 0.220. The van der Waals surface area contributed by atoms with Gasteiger partial charge in [0.05, 0.1) is 15.8 Å². The van der Waals surface area contributed by atoms with E-state index in [-0.39, 0.29) is 16.7 Å². The fraction of sp³-hybridized carbons (Fsp3) is 0.429. The normalized spacial score (nSPS) is 13.5. The Hall–Kier alpha value is -0.910. The van der Waals surface area contributed by atoms with Crippen LogP contribution in [-0.4, -0.2) is 28.5 Å². The van der Waals surface area contributed by atoms with Gasteiger partial charge in [-0.05, 0) is 36.8 Å². The van der Waals surface area contributed by atoms with Gasteiger partial charge in [-0.25, -0.2) is 4.79 Å². The lowest BCUT2D eigenvalue weighted by Gasteiger charge is -2.27. The van der Waals surface area contributed by atoms with Crippen LogP contribution in [0.5, 0.6) is 0 Å². The van der Waals surface area contributed by atoms with Gasteiger partial charge in [0.15, 0.2) is 5.54 Å². The fourth-order valence-corrected chi connectivity index (χ4v) is 2.67. The number of hydrogen-bond donors (Lipinski definition) is 2. The maximum absolute atomic E-state index is 11.9. The van der Waals surface area contributed by atoms with Crippen molar-refractivity contribution in [2.75, 3.05) is 11.5 Å². The maximum atomic E-state index is 11.9. The predicted octanol–water partition coefficient (Wildman–Crippen LogP) is 3.55. The molecule has 1 aromatic rings. The van der Waals surface area contributed by atoms with Gasteiger partial charge in [0, 0.05) is 0 Å². The van der Waals surface area contributed by atoms with Gasteiger partial charge in [0.25, 0.3) is 0 Å². The van der Waals surface area contributed by atoms with Crippen LogP contribution >= 0.6 is 35.0 Å². The van der Waals surface area contributed by atoms with Crippen molar-refractivity contribution in [3.63, 3.8) is 0 Å². The molecule has 0 aliphatic rings. The summed E-state index contributed by atoms with van der Waals surface area (Å²) in [6.07, 6.45) is 0.959. The number of rotatable bonds is 7. The lowest BCUT2D eigenvalue weighted by Crippen LogP contribution is -2.50. The second-order valence-electron chi connectivity index (χ2n) is 4.66. The van der Waals surface area contributed by atoms with Crippen molar-refractivity contribution < 1.29 is 14.7 Å². The van der Waals surface area contributed by atoms with E-state index in [4.69, 9.17) is 23.2 Å². The van der Waals surface area contributed by atoms with Gasteiger partial charge in [-0.2, -0.15) is 11.8 Å². The summed E-state index contributed by atoms with van der Waals surface area (Å²) >= 11 is 13.2. The highest BCUT2D eigenvalue weighted by molar-refractivity contribution is 7.99. The number of carbonyl (C=O) groups excluding carboxylic acids is 1. The van der Waals surface area contributed by atoms with Crippen LogP contribution in [0.2, 0.25) is 10.0 Å². The SMILES string of the molecule is CCCSCC(=O)NC(C)(C(=O)O)c1ccc(Cl)c(Cl)c1. The molecule has 1 amide bonds. The molecule has 0 radical (unpaired) electrons. The molecule has 1 rings (SSSR count). The molecule has 1 aromatic carbocycles. The molecule has 0 spiro atoms. The highest BCUT2D eigenvalue weighted by Gasteiger charge is 2.37. The topological polar surface area (TPSA) is 66.4 Å². The van der Waals surface area contributed by atoms with Gasteiger partial charge in [-0.15, -0.1) is 0 Å². The maximum Gasteiger partial charge on any atom is 0.333 e. The van der Waals surface area contributed by atoms with Crippen molar-refractivity contribution in [1.82, 2.24) is 5.32 Å². The van der Waals surface area contributed by atoms with Gasteiger partial charge in [-0.3, -0.25) is 4.79 Å². The van der Waals surface area contributed by atoms with E-state index >= 15 is 0 Å². The van der Waals surface area contributed by atoms with Crippen molar-refractivity contribution in [2.24, 2.45) is 0 Å². The van der Waals surface area contributed by atoms with Gasteiger partial charge in [0.1, 0.15) is 0 Å². The second-order valence-corrected chi connectivity index (χ2v) is 6.58. The Bertz CT molecular complexity index is 539. The molecule has 0 saturated carbocycles. The van der Waals surface area contributed by atoms with Gasteiger partial charge >= 0.3 is 5.97 Å². The number of amides is 1. The van der Waals surface area contributed by atoms with Crippen molar-refractivity contribution in [2.45, 2.75) is 25.8 Å². The van der Waals surface area contributed by atoms with Crippen molar-refractivity contribution >= 4 is 46.8 Å². The average Bonchev–Trinajstić information content (AvgIpc) is 2.41. The Morgan fingerprint density at radius 3 is 2.52 bits per heavy atom. The number of carbonyl (C=O) groups is 2. The Kier molecular flexibility index (Phi) is 6.84. The van der Waals surface area contributed by atoms with Crippen LogP contribution in [0.4, 0.5) is 0 Å². The number of aliphatic carboxylic acids is 1. The van der Waals surface area contributed by atoms with Crippen LogP contribution in [0, 0.1) is 0 Å². The van der Waals surface area contributed by atoms with E-state index in [1.54, 1.807) is 6.07 Å². The predicted molar refractivity (Wildman–Crippen MR) is 87.2 cm³/mol. The molecule has 0 fully saturated rings. The Morgan fingerprint density at radius 1 is 1.33 bits per heavy atom. The molecule has 21 heavy (non-hydrogen) atoms. The first kappa shape index (κ1) is 18.1. The first-order valence-electron chi connectivity index (χ1n) is 6.39. The number of thioether (sulfide) groups is 1. The van der Waals surface area contributed by atoms with E-state index in [0.717, 1.165) is 12.2 Å².